The molecule has 122 valence electrons. The highest BCUT2D eigenvalue weighted by atomic mass is 35.5. The van der Waals surface area contributed by atoms with Crippen molar-refractivity contribution < 1.29 is 13.9 Å². The van der Waals surface area contributed by atoms with Crippen LogP contribution in [0.25, 0.3) is 0 Å². The summed E-state index contributed by atoms with van der Waals surface area (Å²) in [6.07, 6.45) is 0.456. The minimum atomic E-state index is -0.511. The molecule has 0 bridgehead atoms. The minimum absolute atomic E-state index is 0.0585. The second kappa shape index (κ2) is 6.32. The smallest absolute Gasteiger partial charge is 0.410 e. The lowest BCUT2D eigenvalue weighted by atomic mass is 10.2. The maximum atomic E-state index is 14.0. The Hall–Kier alpha value is -1.49. The standard InChI is InChI=1S/C16H22ClFN2O2/c1-16(2,3)22-15(21)20-8-7-12(10-20)19(4)14-6-5-11(17)9-13(14)18/h5-6,9,12H,7-8,10H2,1-4H3. The fourth-order valence-corrected chi connectivity index (χ4v) is 2.67. The van der Waals surface area contributed by atoms with Crippen molar-refractivity contribution in [3.63, 3.8) is 0 Å². The Bertz CT molecular complexity index is 560. The molecule has 0 aliphatic carbocycles. The zero-order chi connectivity index (χ0) is 16.5. The molecule has 0 saturated carbocycles. The van der Waals surface area contributed by atoms with Crippen LogP contribution in [0.1, 0.15) is 27.2 Å². The Balaban J connectivity index is 2.02. The van der Waals surface area contributed by atoms with Gasteiger partial charge in [-0.2, -0.15) is 0 Å². The summed E-state index contributed by atoms with van der Waals surface area (Å²) in [6.45, 7) is 6.65. The van der Waals surface area contributed by atoms with E-state index >= 15 is 0 Å². The van der Waals surface area contributed by atoms with Crippen molar-refractivity contribution in [2.45, 2.75) is 38.8 Å². The van der Waals surface area contributed by atoms with E-state index < -0.39 is 5.60 Å². The van der Waals surface area contributed by atoms with Crippen LogP contribution in [0.15, 0.2) is 18.2 Å². The van der Waals surface area contributed by atoms with Crippen LogP contribution < -0.4 is 4.90 Å². The second-order valence-corrected chi connectivity index (χ2v) is 7.01. The van der Waals surface area contributed by atoms with Gasteiger partial charge >= 0.3 is 6.09 Å². The molecule has 22 heavy (non-hydrogen) atoms. The predicted octanol–water partition coefficient (Wildman–Crippen LogP) is 3.92. The zero-order valence-electron chi connectivity index (χ0n) is 13.4. The first-order valence-corrected chi connectivity index (χ1v) is 7.71. The maximum absolute atomic E-state index is 14.0. The molecule has 1 aromatic rings. The number of carbonyl (C=O) groups excluding carboxylic acids is 1. The molecule has 1 saturated heterocycles. The Morgan fingerprint density at radius 3 is 2.73 bits per heavy atom. The minimum Gasteiger partial charge on any atom is -0.444 e. The van der Waals surface area contributed by atoms with Gasteiger partial charge in [-0.05, 0) is 45.4 Å². The van der Waals surface area contributed by atoms with Gasteiger partial charge in [0.05, 0.1) is 5.69 Å². The van der Waals surface area contributed by atoms with Crippen molar-refractivity contribution in [3.8, 4) is 0 Å². The van der Waals surface area contributed by atoms with Gasteiger partial charge in [0.2, 0.25) is 0 Å². The topological polar surface area (TPSA) is 32.8 Å². The van der Waals surface area contributed by atoms with Crippen molar-refractivity contribution in [3.05, 3.63) is 29.0 Å². The maximum Gasteiger partial charge on any atom is 0.410 e. The second-order valence-electron chi connectivity index (χ2n) is 6.58. The molecule has 0 N–H and O–H groups in total. The lowest BCUT2D eigenvalue weighted by molar-refractivity contribution is 0.0292. The molecule has 1 fully saturated rings. The number of likely N-dealkylation sites (N-methyl/N-ethyl adjacent to an activating group) is 1. The van der Waals surface area contributed by atoms with Crippen molar-refractivity contribution >= 4 is 23.4 Å². The fraction of sp³-hybridized carbons (Fsp3) is 0.562. The molecular formula is C16H22ClFN2O2. The fourth-order valence-electron chi connectivity index (χ4n) is 2.51. The summed E-state index contributed by atoms with van der Waals surface area (Å²) in [5.74, 6) is -0.356. The summed E-state index contributed by atoms with van der Waals surface area (Å²) in [5.41, 5.74) is -0.0240. The van der Waals surface area contributed by atoms with Crippen LogP contribution in [0, 0.1) is 5.82 Å². The van der Waals surface area contributed by atoms with Gasteiger partial charge in [0.15, 0.2) is 0 Å². The Labute approximate surface area is 135 Å². The summed E-state index contributed by atoms with van der Waals surface area (Å²) in [6, 6.07) is 4.68. The van der Waals surface area contributed by atoms with Crippen LogP contribution in [0.2, 0.25) is 5.02 Å². The first-order valence-electron chi connectivity index (χ1n) is 7.33. The van der Waals surface area contributed by atoms with E-state index in [9.17, 15) is 9.18 Å². The van der Waals surface area contributed by atoms with E-state index in [4.69, 9.17) is 16.3 Å². The molecule has 1 aromatic carbocycles. The molecule has 0 spiro atoms. The van der Waals surface area contributed by atoms with E-state index in [-0.39, 0.29) is 18.0 Å². The van der Waals surface area contributed by atoms with Crippen molar-refractivity contribution in [1.29, 1.82) is 0 Å². The number of benzene rings is 1. The van der Waals surface area contributed by atoms with Gasteiger partial charge in [0, 0.05) is 31.2 Å². The predicted molar refractivity (Wildman–Crippen MR) is 86.0 cm³/mol. The molecule has 1 aliphatic rings. The highest BCUT2D eigenvalue weighted by molar-refractivity contribution is 6.30. The van der Waals surface area contributed by atoms with Crippen molar-refractivity contribution in [2.24, 2.45) is 0 Å². The first-order chi connectivity index (χ1) is 10.2. The van der Waals surface area contributed by atoms with E-state index in [0.29, 0.717) is 23.8 Å². The van der Waals surface area contributed by atoms with Crippen LogP contribution >= 0.6 is 11.6 Å². The molecule has 6 heteroatoms. The van der Waals surface area contributed by atoms with Gasteiger partial charge in [0.1, 0.15) is 11.4 Å². The third-order valence-electron chi connectivity index (χ3n) is 3.65. The van der Waals surface area contributed by atoms with Gasteiger partial charge in [0.25, 0.3) is 0 Å². The largest absolute Gasteiger partial charge is 0.444 e. The van der Waals surface area contributed by atoms with Gasteiger partial charge in [-0.15, -0.1) is 0 Å². The summed E-state index contributed by atoms with van der Waals surface area (Å²) >= 11 is 5.78. The summed E-state index contributed by atoms with van der Waals surface area (Å²) < 4.78 is 19.4. The number of nitrogens with zero attached hydrogens (tertiary/aromatic N) is 2. The number of hydrogen-bond acceptors (Lipinski definition) is 3. The lowest BCUT2D eigenvalue weighted by Gasteiger charge is -2.28. The van der Waals surface area contributed by atoms with Crippen LogP contribution in [-0.4, -0.2) is 42.8 Å². The average Bonchev–Trinajstić information content (AvgIpc) is 2.85. The first kappa shape index (κ1) is 16.9. The molecule has 1 amide bonds. The number of rotatable bonds is 2. The van der Waals surface area contributed by atoms with Crippen LogP contribution in [0.4, 0.5) is 14.9 Å². The van der Waals surface area contributed by atoms with Crippen molar-refractivity contribution in [1.82, 2.24) is 4.90 Å². The Morgan fingerprint density at radius 2 is 2.14 bits per heavy atom. The van der Waals surface area contributed by atoms with Gasteiger partial charge in [-0.1, -0.05) is 11.6 Å². The van der Waals surface area contributed by atoms with E-state index in [0.717, 1.165) is 6.42 Å². The van der Waals surface area contributed by atoms with E-state index in [1.165, 1.54) is 6.07 Å². The average molecular weight is 329 g/mol. The molecular weight excluding hydrogens is 307 g/mol. The quantitative estimate of drug-likeness (QED) is 0.824. The number of halogens is 2. The van der Waals surface area contributed by atoms with Crippen molar-refractivity contribution in [2.75, 3.05) is 25.0 Å². The number of ether oxygens (including phenoxy) is 1. The van der Waals surface area contributed by atoms with E-state index in [1.807, 2.05) is 32.7 Å². The van der Waals surface area contributed by atoms with E-state index in [2.05, 4.69) is 0 Å². The van der Waals surface area contributed by atoms with Gasteiger partial charge < -0.3 is 14.5 Å². The summed E-state index contributed by atoms with van der Waals surface area (Å²) in [4.78, 5) is 15.6. The lowest BCUT2D eigenvalue weighted by Crippen LogP contribution is -2.39. The molecule has 0 radical (unpaired) electrons. The molecule has 1 unspecified atom stereocenters. The molecule has 1 aliphatic heterocycles. The van der Waals surface area contributed by atoms with Gasteiger partial charge in [-0.25, -0.2) is 9.18 Å². The number of anilines is 1. The third kappa shape index (κ3) is 4.03. The summed E-state index contributed by atoms with van der Waals surface area (Å²) in [7, 11) is 1.83. The Morgan fingerprint density at radius 1 is 1.45 bits per heavy atom. The normalized spacial score (nSPS) is 18.5. The zero-order valence-corrected chi connectivity index (χ0v) is 14.2. The molecule has 2 rings (SSSR count). The SMILES string of the molecule is CN(c1ccc(Cl)cc1F)C1CCN(C(=O)OC(C)(C)C)C1. The number of likely N-dealkylation sites (tertiary alicyclic amines) is 1. The molecule has 1 atom stereocenters. The van der Waals surface area contributed by atoms with Crippen LogP contribution in [0.5, 0.6) is 0 Å². The highest BCUT2D eigenvalue weighted by Gasteiger charge is 2.32. The highest BCUT2D eigenvalue weighted by Crippen LogP contribution is 2.27. The van der Waals surface area contributed by atoms with Crippen LogP contribution in [-0.2, 0) is 4.74 Å². The van der Waals surface area contributed by atoms with E-state index in [1.54, 1.807) is 17.0 Å². The molecule has 0 aromatic heterocycles. The monoisotopic (exact) mass is 328 g/mol. The Kier molecular flexibility index (Phi) is 4.85. The number of amides is 1. The van der Waals surface area contributed by atoms with Gasteiger partial charge in [-0.3, -0.25) is 0 Å². The summed E-state index contributed by atoms with van der Waals surface area (Å²) in [5, 5.41) is 0.372. The van der Waals surface area contributed by atoms with Crippen LogP contribution in [0.3, 0.4) is 0 Å². The molecule has 1 heterocycles. The third-order valence-corrected chi connectivity index (χ3v) is 3.89. The molecule has 4 nitrogen and oxygen atoms in total. The number of carbonyl (C=O) groups is 1. The number of hydrogen-bond donors (Lipinski definition) is 0.